The van der Waals surface area contributed by atoms with Crippen LogP contribution in [0.3, 0.4) is 0 Å². The molecule has 1 fully saturated rings. The molecule has 2 aromatic carbocycles. The van der Waals surface area contributed by atoms with E-state index in [0.29, 0.717) is 23.0 Å². The molecule has 7 heteroatoms. The number of thiazole rings is 1. The van der Waals surface area contributed by atoms with Crippen LogP contribution in [0.5, 0.6) is 5.75 Å². The molecular weight excluding hydrogens is 374 g/mol. The second-order valence-corrected chi connectivity index (χ2v) is 7.51. The third-order valence-electron chi connectivity index (χ3n) is 4.58. The van der Waals surface area contributed by atoms with Gasteiger partial charge in [0.25, 0.3) is 5.91 Å². The number of amides is 1. The number of aromatic nitrogens is 1. The van der Waals surface area contributed by atoms with Crippen LogP contribution in [0.25, 0.3) is 10.2 Å². The Bertz CT molecular complexity index is 988. The summed E-state index contributed by atoms with van der Waals surface area (Å²) in [7, 11) is 0. The summed E-state index contributed by atoms with van der Waals surface area (Å²) in [6.07, 6.45) is 1.92. The fourth-order valence-corrected chi connectivity index (χ4v) is 4.15. The summed E-state index contributed by atoms with van der Waals surface area (Å²) in [6, 6.07) is 16.8. The summed E-state index contributed by atoms with van der Waals surface area (Å²) in [6.45, 7) is 1.00. The monoisotopic (exact) mass is 393 g/mol. The summed E-state index contributed by atoms with van der Waals surface area (Å²) in [5.74, 6) is 0.196. The molecule has 1 aliphatic heterocycles. The number of benzene rings is 2. The van der Waals surface area contributed by atoms with Gasteiger partial charge in [-0.3, -0.25) is 9.69 Å². The average Bonchev–Trinajstić information content (AvgIpc) is 3.39. The van der Waals surface area contributed by atoms with Crippen molar-refractivity contribution in [2.24, 2.45) is 0 Å². The predicted molar refractivity (Wildman–Crippen MR) is 108 cm³/mol. The van der Waals surface area contributed by atoms with Crippen LogP contribution in [-0.4, -0.2) is 36.8 Å². The van der Waals surface area contributed by atoms with E-state index in [1.54, 1.807) is 29.2 Å². The second-order valence-electron chi connectivity index (χ2n) is 6.50. The van der Waals surface area contributed by atoms with Crippen LogP contribution in [0.1, 0.15) is 18.4 Å². The number of nitriles is 1. The van der Waals surface area contributed by atoms with Crippen molar-refractivity contribution >= 4 is 32.6 Å². The highest BCUT2D eigenvalue weighted by molar-refractivity contribution is 7.22. The molecule has 0 unspecified atom stereocenters. The van der Waals surface area contributed by atoms with Crippen molar-refractivity contribution in [2.45, 2.75) is 18.9 Å². The second kappa shape index (κ2) is 8.38. The van der Waals surface area contributed by atoms with Gasteiger partial charge in [0, 0.05) is 6.61 Å². The third kappa shape index (κ3) is 3.98. The molecule has 2 heterocycles. The van der Waals surface area contributed by atoms with Gasteiger partial charge in [-0.05, 0) is 37.1 Å². The number of carbonyl (C=O) groups excluding carboxylic acids is 1. The van der Waals surface area contributed by atoms with Crippen molar-refractivity contribution in [2.75, 3.05) is 24.7 Å². The smallest absolute Gasteiger partial charge is 0.266 e. The number of rotatable bonds is 6. The molecule has 1 aliphatic rings. The number of anilines is 1. The quantitative estimate of drug-likeness (QED) is 0.637. The summed E-state index contributed by atoms with van der Waals surface area (Å²) in [5.41, 5.74) is 1.27. The van der Waals surface area contributed by atoms with E-state index in [4.69, 9.17) is 9.47 Å². The van der Waals surface area contributed by atoms with Crippen molar-refractivity contribution in [3.8, 4) is 11.8 Å². The Morgan fingerprint density at radius 3 is 2.89 bits per heavy atom. The van der Waals surface area contributed by atoms with Crippen molar-refractivity contribution in [1.82, 2.24) is 4.98 Å². The van der Waals surface area contributed by atoms with Gasteiger partial charge in [-0.1, -0.05) is 35.6 Å². The van der Waals surface area contributed by atoms with E-state index in [-0.39, 0.29) is 18.6 Å². The maximum absolute atomic E-state index is 13.0. The fraction of sp³-hybridized carbons (Fsp3) is 0.286. The van der Waals surface area contributed by atoms with Crippen LogP contribution in [0.4, 0.5) is 5.13 Å². The molecule has 1 atom stereocenters. The van der Waals surface area contributed by atoms with Crippen LogP contribution in [-0.2, 0) is 9.53 Å². The van der Waals surface area contributed by atoms with Crippen molar-refractivity contribution < 1.29 is 14.3 Å². The van der Waals surface area contributed by atoms with Gasteiger partial charge in [-0.15, -0.1) is 0 Å². The van der Waals surface area contributed by atoms with E-state index >= 15 is 0 Å². The topological polar surface area (TPSA) is 75.5 Å². The Morgan fingerprint density at radius 2 is 2.11 bits per heavy atom. The molecule has 1 aromatic heterocycles. The minimum absolute atomic E-state index is 0.00218. The standard InChI is InChI=1S/C21H19N3O3S/c22-12-15-6-1-3-9-18(15)27-14-20(25)24(13-16-7-5-11-26-16)21-23-17-8-2-4-10-19(17)28-21/h1-4,6,8-10,16H,5,7,11,13-14H2/t16-/m0/s1. The Balaban J connectivity index is 1.55. The molecule has 3 aromatic rings. The highest BCUT2D eigenvalue weighted by Gasteiger charge is 2.26. The number of fused-ring (bicyclic) bond motifs is 1. The molecule has 0 bridgehead atoms. The number of hydrogen-bond donors (Lipinski definition) is 0. The van der Waals surface area contributed by atoms with Crippen molar-refractivity contribution in [1.29, 1.82) is 5.26 Å². The molecule has 0 saturated carbocycles. The first kappa shape index (κ1) is 18.4. The molecule has 1 amide bonds. The molecule has 0 spiro atoms. The fourth-order valence-electron chi connectivity index (χ4n) is 3.16. The molecule has 142 valence electrons. The first-order valence-corrected chi connectivity index (χ1v) is 9.96. The Hall–Kier alpha value is -2.95. The number of para-hydroxylation sites is 2. The summed E-state index contributed by atoms with van der Waals surface area (Å²) in [4.78, 5) is 19.3. The molecule has 4 rings (SSSR count). The summed E-state index contributed by atoms with van der Waals surface area (Å²) in [5, 5.41) is 9.83. The van der Waals surface area contributed by atoms with Crippen LogP contribution in [0.15, 0.2) is 48.5 Å². The van der Waals surface area contributed by atoms with Crippen LogP contribution in [0, 0.1) is 11.3 Å². The highest BCUT2D eigenvalue weighted by Crippen LogP contribution is 2.30. The van der Waals surface area contributed by atoms with Gasteiger partial charge >= 0.3 is 0 Å². The van der Waals surface area contributed by atoms with Crippen molar-refractivity contribution in [3.05, 3.63) is 54.1 Å². The van der Waals surface area contributed by atoms with Gasteiger partial charge in [0.1, 0.15) is 11.8 Å². The molecule has 0 radical (unpaired) electrons. The van der Waals surface area contributed by atoms with Gasteiger partial charge in [0.2, 0.25) is 0 Å². The average molecular weight is 393 g/mol. The minimum atomic E-state index is -0.206. The first-order valence-electron chi connectivity index (χ1n) is 9.14. The number of ether oxygens (including phenoxy) is 2. The third-order valence-corrected chi connectivity index (χ3v) is 5.64. The van der Waals surface area contributed by atoms with E-state index in [0.717, 1.165) is 29.7 Å². The zero-order chi connectivity index (χ0) is 19.3. The zero-order valence-corrected chi connectivity index (χ0v) is 16.0. The lowest BCUT2D eigenvalue weighted by atomic mass is 10.2. The first-order chi connectivity index (χ1) is 13.7. The molecule has 0 aliphatic carbocycles. The molecule has 1 saturated heterocycles. The maximum atomic E-state index is 13.0. The van der Waals surface area contributed by atoms with E-state index in [1.165, 1.54) is 11.3 Å². The minimum Gasteiger partial charge on any atom is -0.482 e. The number of nitrogens with zero attached hydrogens (tertiary/aromatic N) is 3. The lowest BCUT2D eigenvalue weighted by Crippen LogP contribution is -2.40. The SMILES string of the molecule is N#Cc1ccccc1OCC(=O)N(C[C@@H]1CCCO1)c1nc2ccccc2s1. The molecule has 6 nitrogen and oxygen atoms in total. The number of carbonyl (C=O) groups is 1. The van der Waals surface area contributed by atoms with E-state index < -0.39 is 0 Å². The maximum Gasteiger partial charge on any atom is 0.266 e. The zero-order valence-electron chi connectivity index (χ0n) is 15.2. The normalized spacial score (nSPS) is 16.0. The molecular formula is C21H19N3O3S. The summed E-state index contributed by atoms with van der Waals surface area (Å²) >= 11 is 1.48. The van der Waals surface area contributed by atoms with Crippen LogP contribution in [0.2, 0.25) is 0 Å². The Labute approximate surface area is 166 Å². The molecule has 0 N–H and O–H groups in total. The Morgan fingerprint density at radius 1 is 1.29 bits per heavy atom. The van der Waals surface area contributed by atoms with Crippen LogP contribution >= 0.6 is 11.3 Å². The van der Waals surface area contributed by atoms with E-state index in [2.05, 4.69) is 11.1 Å². The van der Waals surface area contributed by atoms with Gasteiger partial charge in [-0.2, -0.15) is 5.26 Å². The van der Waals surface area contributed by atoms with Gasteiger partial charge in [0.05, 0.1) is 28.4 Å². The number of hydrogen-bond acceptors (Lipinski definition) is 6. The van der Waals surface area contributed by atoms with Gasteiger partial charge < -0.3 is 9.47 Å². The van der Waals surface area contributed by atoms with Gasteiger partial charge in [-0.25, -0.2) is 4.98 Å². The van der Waals surface area contributed by atoms with Crippen molar-refractivity contribution in [3.63, 3.8) is 0 Å². The molecule has 28 heavy (non-hydrogen) atoms. The van der Waals surface area contributed by atoms with E-state index in [1.807, 2.05) is 24.3 Å². The van der Waals surface area contributed by atoms with E-state index in [9.17, 15) is 10.1 Å². The lowest BCUT2D eigenvalue weighted by molar-refractivity contribution is -0.120. The van der Waals surface area contributed by atoms with Gasteiger partial charge in [0.15, 0.2) is 11.7 Å². The predicted octanol–water partition coefficient (Wildman–Crippen LogP) is 3.76. The Kier molecular flexibility index (Phi) is 5.51. The summed E-state index contributed by atoms with van der Waals surface area (Å²) < 4.78 is 12.4. The highest BCUT2D eigenvalue weighted by atomic mass is 32.1. The lowest BCUT2D eigenvalue weighted by Gasteiger charge is -2.23. The largest absolute Gasteiger partial charge is 0.482 e. The van der Waals surface area contributed by atoms with Crippen LogP contribution < -0.4 is 9.64 Å².